The van der Waals surface area contributed by atoms with Crippen LogP contribution in [0.15, 0.2) is 18.2 Å². The van der Waals surface area contributed by atoms with Gasteiger partial charge in [-0.2, -0.15) is 11.8 Å². The van der Waals surface area contributed by atoms with Crippen molar-refractivity contribution in [3.05, 3.63) is 33.8 Å². The Morgan fingerprint density at radius 2 is 2.25 bits per heavy atom. The van der Waals surface area contributed by atoms with Crippen LogP contribution in [0.5, 0.6) is 0 Å². The van der Waals surface area contributed by atoms with Crippen molar-refractivity contribution >= 4 is 35.0 Å². The number of nitrogens with one attached hydrogen (secondary N) is 1. The van der Waals surface area contributed by atoms with Gasteiger partial charge in [0.15, 0.2) is 0 Å². The SMILES string of the molecule is NNC(c1cc(Cl)ccc1Cl)C1CCCS1. The van der Waals surface area contributed by atoms with E-state index in [1.165, 1.54) is 18.6 Å². The van der Waals surface area contributed by atoms with Gasteiger partial charge >= 0.3 is 0 Å². The van der Waals surface area contributed by atoms with Crippen molar-refractivity contribution in [2.24, 2.45) is 5.84 Å². The maximum atomic E-state index is 6.18. The molecule has 5 heteroatoms. The van der Waals surface area contributed by atoms with E-state index in [4.69, 9.17) is 29.0 Å². The number of halogens is 2. The first-order chi connectivity index (χ1) is 7.72. The first kappa shape index (κ1) is 12.5. The van der Waals surface area contributed by atoms with Gasteiger partial charge in [-0.15, -0.1) is 0 Å². The highest BCUT2D eigenvalue weighted by Crippen LogP contribution is 2.38. The number of hydrogen-bond acceptors (Lipinski definition) is 3. The summed E-state index contributed by atoms with van der Waals surface area (Å²) in [5, 5.41) is 1.91. The maximum Gasteiger partial charge on any atom is 0.0593 e. The molecule has 0 aromatic heterocycles. The number of hydrogen-bond donors (Lipinski definition) is 2. The van der Waals surface area contributed by atoms with Gasteiger partial charge in [0.25, 0.3) is 0 Å². The summed E-state index contributed by atoms with van der Waals surface area (Å²) in [7, 11) is 0. The molecule has 3 N–H and O–H groups in total. The number of hydrazine groups is 1. The zero-order valence-electron chi connectivity index (χ0n) is 8.75. The van der Waals surface area contributed by atoms with Crippen LogP contribution in [-0.2, 0) is 0 Å². The lowest BCUT2D eigenvalue weighted by Crippen LogP contribution is -2.34. The van der Waals surface area contributed by atoms with Crippen molar-refractivity contribution < 1.29 is 0 Å². The molecule has 0 bridgehead atoms. The second-order valence-electron chi connectivity index (χ2n) is 3.86. The van der Waals surface area contributed by atoms with Gasteiger partial charge in [-0.05, 0) is 42.4 Å². The lowest BCUT2D eigenvalue weighted by molar-refractivity contribution is 0.520. The number of thioether (sulfide) groups is 1. The topological polar surface area (TPSA) is 38.0 Å². The Balaban J connectivity index is 2.28. The molecule has 1 aromatic rings. The number of nitrogens with two attached hydrogens (primary N) is 1. The molecule has 1 fully saturated rings. The fourth-order valence-electron chi connectivity index (χ4n) is 2.02. The predicted octanol–water partition coefficient (Wildman–Crippen LogP) is 3.39. The van der Waals surface area contributed by atoms with E-state index in [0.29, 0.717) is 10.3 Å². The van der Waals surface area contributed by atoms with Crippen LogP contribution < -0.4 is 11.3 Å². The van der Waals surface area contributed by atoms with Crippen molar-refractivity contribution in [2.75, 3.05) is 5.75 Å². The third-order valence-corrected chi connectivity index (χ3v) is 4.85. The highest BCUT2D eigenvalue weighted by atomic mass is 35.5. The Morgan fingerprint density at radius 1 is 1.44 bits per heavy atom. The number of benzene rings is 1. The fraction of sp³-hybridized carbons (Fsp3) is 0.455. The lowest BCUT2D eigenvalue weighted by Gasteiger charge is -2.23. The molecule has 88 valence electrons. The van der Waals surface area contributed by atoms with Crippen LogP contribution in [0.3, 0.4) is 0 Å². The monoisotopic (exact) mass is 276 g/mol. The minimum atomic E-state index is 0.0821. The lowest BCUT2D eigenvalue weighted by atomic mass is 10.0. The van der Waals surface area contributed by atoms with Gasteiger partial charge in [0, 0.05) is 15.3 Å². The zero-order valence-corrected chi connectivity index (χ0v) is 11.1. The van der Waals surface area contributed by atoms with Gasteiger partial charge in [-0.25, -0.2) is 0 Å². The summed E-state index contributed by atoms with van der Waals surface area (Å²) in [6, 6.07) is 5.60. The third-order valence-electron chi connectivity index (χ3n) is 2.81. The highest BCUT2D eigenvalue weighted by molar-refractivity contribution is 8.00. The second-order valence-corrected chi connectivity index (χ2v) is 6.05. The van der Waals surface area contributed by atoms with Crippen molar-refractivity contribution in [2.45, 2.75) is 24.1 Å². The molecule has 2 nitrogen and oxygen atoms in total. The molecular weight excluding hydrogens is 263 g/mol. The first-order valence-electron chi connectivity index (χ1n) is 5.25. The van der Waals surface area contributed by atoms with Gasteiger partial charge in [-0.3, -0.25) is 11.3 Å². The molecule has 2 atom stereocenters. The smallest absolute Gasteiger partial charge is 0.0593 e. The molecular formula is C11H14Cl2N2S. The minimum absolute atomic E-state index is 0.0821. The maximum absolute atomic E-state index is 6.18. The molecule has 2 unspecified atom stereocenters. The van der Waals surface area contributed by atoms with Crippen LogP contribution >= 0.6 is 35.0 Å². The molecule has 1 aliphatic heterocycles. The van der Waals surface area contributed by atoms with E-state index < -0.39 is 0 Å². The summed E-state index contributed by atoms with van der Waals surface area (Å²) >= 11 is 14.1. The van der Waals surface area contributed by atoms with Crippen LogP contribution in [-0.4, -0.2) is 11.0 Å². The minimum Gasteiger partial charge on any atom is -0.271 e. The molecule has 0 spiro atoms. The molecule has 0 amide bonds. The van der Waals surface area contributed by atoms with E-state index in [9.17, 15) is 0 Å². The van der Waals surface area contributed by atoms with Gasteiger partial charge in [0.05, 0.1) is 6.04 Å². The zero-order chi connectivity index (χ0) is 11.5. The van der Waals surface area contributed by atoms with Gasteiger partial charge < -0.3 is 0 Å². The van der Waals surface area contributed by atoms with Gasteiger partial charge in [0.1, 0.15) is 0 Å². The fourth-order valence-corrected chi connectivity index (χ4v) is 3.82. The van der Waals surface area contributed by atoms with E-state index in [1.807, 2.05) is 23.9 Å². The summed E-state index contributed by atoms with van der Waals surface area (Å²) in [5.41, 5.74) is 3.86. The molecule has 16 heavy (non-hydrogen) atoms. The molecule has 1 aliphatic rings. The normalized spacial score (nSPS) is 22.3. The molecule has 0 saturated carbocycles. The number of rotatable bonds is 3. The Hall–Kier alpha value is 0.0700. The predicted molar refractivity (Wildman–Crippen MR) is 72.0 cm³/mol. The largest absolute Gasteiger partial charge is 0.271 e. The van der Waals surface area contributed by atoms with Crippen LogP contribution in [0, 0.1) is 0 Å². The van der Waals surface area contributed by atoms with E-state index in [0.717, 1.165) is 10.6 Å². The Bertz CT molecular complexity index is 367. The second kappa shape index (κ2) is 5.61. The van der Waals surface area contributed by atoms with E-state index in [2.05, 4.69) is 5.43 Å². The van der Waals surface area contributed by atoms with Crippen molar-refractivity contribution in [3.8, 4) is 0 Å². The average molecular weight is 277 g/mol. The standard InChI is InChI=1S/C11H14Cl2N2S/c12-7-3-4-9(13)8(6-7)11(15-14)10-2-1-5-16-10/h3-4,6,10-11,15H,1-2,5,14H2. The molecule has 1 saturated heterocycles. The Morgan fingerprint density at radius 3 is 2.88 bits per heavy atom. The summed E-state index contributed by atoms with van der Waals surface area (Å²) in [5.74, 6) is 6.83. The van der Waals surface area contributed by atoms with Gasteiger partial charge in [0.2, 0.25) is 0 Å². The van der Waals surface area contributed by atoms with E-state index in [-0.39, 0.29) is 6.04 Å². The van der Waals surface area contributed by atoms with Crippen LogP contribution in [0.1, 0.15) is 24.4 Å². The average Bonchev–Trinajstić information content (AvgIpc) is 2.78. The van der Waals surface area contributed by atoms with Crippen molar-refractivity contribution in [1.82, 2.24) is 5.43 Å². The Labute approximate surface area is 110 Å². The molecule has 2 rings (SSSR count). The van der Waals surface area contributed by atoms with Crippen LogP contribution in [0.4, 0.5) is 0 Å². The Kier molecular flexibility index (Phi) is 4.39. The molecule has 1 heterocycles. The summed E-state index contributed by atoms with van der Waals surface area (Å²) in [4.78, 5) is 0. The molecule has 0 radical (unpaired) electrons. The molecule has 0 aliphatic carbocycles. The third kappa shape index (κ3) is 2.66. The van der Waals surface area contributed by atoms with E-state index in [1.54, 1.807) is 6.07 Å². The summed E-state index contributed by atoms with van der Waals surface area (Å²) < 4.78 is 0. The van der Waals surface area contributed by atoms with E-state index >= 15 is 0 Å². The van der Waals surface area contributed by atoms with Crippen LogP contribution in [0.25, 0.3) is 0 Å². The quantitative estimate of drug-likeness (QED) is 0.657. The van der Waals surface area contributed by atoms with Crippen molar-refractivity contribution in [3.63, 3.8) is 0 Å². The summed E-state index contributed by atoms with van der Waals surface area (Å²) in [6.45, 7) is 0. The van der Waals surface area contributed by atoms with Gasteiger partial charge in [-0.1, -0.05) is 23.2 Å². The first-order valence-corrected chi connectivity index (χ1v) is 7.05. The highest BCUT2D eigenvalue weighted by Gasteiger charge is 2.27. The van der Waals surface area contributed by atoms with Crippen molar-refractivity contribution in [1.29, 1.82) is 0 Å². The molecule has 1 aromatic carbocycles. The summed E-state index contributed by atoms with van der Waals surface area (Å²) in [6.07, 6.45) is 2.41. The van der Waals surface area contributed by atoms with Crippen LogP contribution in [0.2, 0.25) is 10.0 Å².